The van der Waals surface area contributed by atoms with Crippen LogP contribution in [0.5, 0.6) is 11.5 Å². The summed E-state index contributed by atoms with van der Waals surface area (Å²) in [7, 11) is 1.74. The minimum Gasteiger partial charge on any atom is -0.454 e. The first-order valence-electron chi connectivity index (χ1n) is 6.40. The average molecular weight is 292 g/mol. The van der Waals surface area contributed by atoms with Crippen molar-refractivity contribution in [2.45, 2.75) is 20.8 Å². The number of aryl methyl sites for hydroxylation is 1. The molecule has 0 N–H and O–H groups in total. The Bertz CT molecular complexity index is 615. The summed E-state index contributed by atoms with van der Waals surface area (Å²) in [5.41, 5.74) is 4.19. The molecule has 1 aliphatic heterocycles. The first kappa shape index (κ1) is 14.7. The quantitative estimate of drug-likeness (QED) is 0.612. The Balaban J connectivity index is 2.42. The lowest BCUT2D eigenvalue weighted by Crippen LogP contribution is -1.92. The van der Waals surface area contributed by atoms with Crippen molar-refractivity contribution >= 4 is 23.4 Å². The lowest BCUT2D eigenvalue weighted by atomic mass is 10.00. The van der Waals surface area contributed by atoms with Crippen LogP contribution in [-0.2, 0) is 0 Å². The first-order valence-corrected chi connectivity index (χ1v) is 6.78. The van der Waals surface area contributed by atoms with E-state index in [1.165, 1.54) is 0 Å². The Hall–Kier alpha value is -1.74. The highest BCUT2D eigenvalue weighted by Crippen LogP contribution is 2.37. The number of hydrogen-bond acceptors (Lipinski definition) is 3. The summed E-state index contributed by atoms with van der Waals surface area (Å²) in [4.78, 5) is 3.97. The summed E-state index contributed by atoms with van der Waals surface area (Å²) in [6.07, 6.45) is 3.69. The molecule has 0 bridgehead atoms. The number of allylic oxidation sites excluding steroid dienone is 4. The fraction of sp³-hybridized carbons (Fsp3) is 0.312. The van der Waals surface area contributed by atoms with Crippen LogP contribution >= 0.6 is 11.6 Å². The van der Waals surface area contributed by atoms with Gasteiger partial charge in [-0.2, -0.15) is 0 Å². The van der Waals surface area contributed by atoms with Crippen molar-refractivity contribution in [1.82, 2.24) is 0 Å². The van der Waals surface area contributed by atoms with E-state index in [9.17, 15) is 0 Å². The van der Waals surface area contributed by atoms with Gasteiger partial charge in [-0.05, 0) is 61.3 Å². The normalized spacial score (nSPS) is 15.8. The van der Waals surface area contributed by atoms with Crippen LogP contribution in [0.25, 0.3) is 5.57 Å². The van der Waals surface area contributed by atoms with Gasteiger partial charge in [-0.3, -0.25) is 4.99 Å². The molecule has 3 nitrogen and oxygen atoms in total. The van der Waals surface area contributed by atoms with Crippen LogP contribution in [0.3, 0.4) is 0 Å². The lowest BCUT2D eigenvalue weighted by Gasteiger charge is -2.09. The molecule has 0 unspecified atom stereocenters. The van der Waals surface area contributed by atoms with Gasteiger partial charge in [0.25, 0.3) is 0 Å². The molecule has 106 valence electrons. The van der Waals surface area contributed by atoms with Crippen molar-refractivity contribution in [1.29, 1.82) is 0 Å². The van der Waals surface area contributed by atoms with E-state index in [1.54, 1.807) is 13.3 Å². The van der Waals surface area contributed by atoms with E-state index in [2.05, 4.69) is 4.99 Å². The third kappa shape index (κ3) is 3.05. The molecule has 2 rings (SSSR count). The van der Waals surface area contributed by atoms with Gasteiger partial charge in [0.15, 0.2) is 11.5 Å². The standard InChI is InChI=1S/C16H18ClNO2/c1-10(8-18-4)5-14(17)12(3)13-7-16-15(6-11(13)2)19-9-20-16/h5-8H,9H2,1-4H3/b10-5-,14-12-,18-8?. The second-order valence-electron chi connectivity index (χ2n) is 4.77. The van der Waals surface area contributed by atoms with Crippen LogP contribution in [0.1, 0.15) is 25.0 Å². The number of rotatable bonds is 3. The monoisotopic (exact) mass is 291 g/mol. The Kier molecular flexibility index (Phi) is 4.50. The topological polar surface area (TPSA) is 30.8 Å². The summed E-state index contributed by atoms with van der Waals surface area (Å²) in [5, 5.41) is 0.698. The van der Waals surface area contributed by atoms with Gasteiger partial charge >= 0.3 is 0 Å². The van der Waals surface area contributed by atoms with Crippen molar-refractivity contribution < 1.29 is 9.47 Å². The Labute approximate surface area is 124 Å². The largest absolute Gasteiger partial charge is 0.454 e. The molecule has 0 saturated carbocycles. The molecule has 4 heteroatoms. The average Bonchev–Trinajstić information content (AvgIpc) is 2.84. The minimum atomic E-state index is 0.278. The number of fused-ring (bicyclic) bond motifs is 1. The maximum Gasteiger partial charge on any atom is 0.231 e. The molecule has 1 heterocycles. The van der Waals surface area contributed by atoms with Crippen LogP contribution in [0, 0.1) is 6.92 Å². The molecule has 0 aliphatic carbocycles. The highest BCUT2D eigenvalue weighted by Gasteiger charge is 2.16. The first-order chi connectivity index (χ1) is 9.52. The van der Waals surface area contributed by atoms with Gasteiger partial charge in [-0.15, -0.1) is 0 Å². The summed E-state index contributed by atoms with van der Waals surface area (Å²) < 4.78 is 10.8. The molecule has 0 aromatic heterocycles. The maximum atomic E-state index is 6.39. The fourth-order valence-electron chi connectivity index (χ4n) is 2.13. The number of nitrogens with zero attached hydrogens (tertiary/aromatic N) is 1. The predicted octanol–water partition coefficient (Wildman–Crippen LogP) is 4.34. The lowest BCUT2D eigenvalue weighted by molar-refractivity contribution is 0.174. The van der Waals surface area contributed by atoms with Crippen LogP contribution in [0.2, 0.25) is 0 Å². The van der Waals surface area contributed by atoms with Gasteiger partial charge < -0.3 is 9.47 Å². The predicted molar refractivity (Wildman–Crippen MR) is 83.9 cm³/mol. The smallest absolute Gasteiger partial charge is 0.231 e. The molecule has 0 radical (unpaired) electrons. The number of aliphatic imine (C=N–C) groups is 1. The van der Waals surface area contributed by atoms with Gasteiger partial charge in [0, 0.05) is 18.3 Å². The van der Waals surface area contributed by atoms with Crippen LogP contribution in [0.15, 0.2) is 33.8 Å². The highest BCUT2D eigenvalue weighted by atomic mass is 35.5. The number of ether oxygens (including phenoxy) is 2. The van der Waals surface area contributed by atoms with Crippen LogP contribution in [-0.4, -0.2) is 20.1 Å². The molecule has 0 amide bonds. The zero-order valence-corrected chi connectivity index (χ0v) is 12.9. The third-order valence-corrected chi connectivity index (χ3v) is 3.56. The molecular formula is C16H18ClNO2. The third-order valence-electron chi connectivity index (χ3n) is 3.17. The van der Waals surface area contributed by atoms with E-state index in [0.29, 0.717) is 5.03 Å². The number of halogens is 1. The van der Waals surface area contributed by atoms with Crippen LogP contribution < -0.4 is 9.47 Å². The summed E-state index contributed by atoms with van der Waals surface area (Å²) >= 11 is 6.39. The number of benzene rings is 1. The molecule has 1 aliphatic rings. The van der Waals surface area contributed by atoms with E-state index in [0.717, 1.165) is 33.8 Å². The Morgan fingerprint density at radius 3 is 2.55 bits per heavy atom. The minimum absolute atomic E-state index is 0.278. The molecule has 1 aromatic carbocycles. The molecular weight excluding hydrogens is 274 g/mol. The van der Waals surface area contributed by atoms with E-state index in [-0.39, 0.29) is 6.79 Å². The molecule has 20 heavy (non-hydrogen) atoms. The maximum absolute atomic E-state index is 6.39. The summed E-state index contributed by atoms with van der Waals surface area (Å²) in [6, 6.07) is 3.96. The SMILES string of the molecule is CN=C/C(C)=C\C(Cl)=C(/C)c1cc2c(cc1C)OCO2. The second-order valence-corrected chi connectivity index (χ2v) is 5.18. The zero-order chi connectivity index (χ0) is 14.7. The summed E-state index contributed by atoms with van der Waals surface area (Å²) in [5.74, 6) is 1.56. The van der Waals surface area contributed by atoms with Gasteiger partial charge in [0.05, 0.1) is 0 Å². The van der Waals surface area contributed by atoms with Crippen molar-refractivity contribution in [3.63, 3.8) is 0 Å². The van der Waals surface area contributed by atoms with Gasteiger partial charge in [-0.25, -0.2) is 0 Å². The van der Waals surface area contributed by atoms with Gasteiger partial charge in [0.1, 0.15) is 0 Å². The Morgan fingerprint density at radius 1 is 1.25 bits per heavy atom. The fourth-order valence-corrected chi connectivity index (χ4v) is 2.40. The molecule has 0 spiro atoms. The van der Waals surface area contributed by atoms with Crippen molar-refractivity contribution in [3.8, 4) is 11.5 Å². The van der Waals surface area contributed by atoms with Crippen LogP contribution in [0.4, 0.5) is 0 Å². The number of hydrogen-bond donors (Lipinski definition) is 0. The highest BCUT2D eigenvalue weighted by molar-refractivity contribution is 6.34. The molecule has 0 saturated heterocycles. The second kappa shape index (κ2) is 6.14. The van der Waals surface area contributed by atoms with E-state index >= 15 is 0 Å². The van der Waals surface area contributed by atoms with Crippen molar-refractivity contribution in [2.24, 2.45) is 4.99 Å². The van der Waals surface area contributed by atoms with Gasteiger partial charge in [0.2, 0.25) is 6.79 Å². The molecule has 0 atom stereocenters. The molecule has 1 aromatic rings. The van der Waals surface area contributed by atoms with E-state index in [4.69, 9.17) is 21.1 Å². The summed E-state index contributed by atoms with van der Waals surface area (Å²) in [6.45, 7) is 6.28. The van der Waals surface area contributed by atoms with E-state index < -0.39 is 0 Å². The molecule has 0 fully saturated rings. The van der Waals surface area contributed by atoms with Crippen molar-refractivity contribution in [2.75, 3.05) is 13.8 Å². The Morgan fingerprint density at radius 2 is 1.90 bits per heavy atom. The zero-order valence-electron chi connectivity index (χ0n) is 12.2. The van der Waals surface area contributed by atoms with Gasteiger partial charge in [-0.1, -0.05) is 11.6 Å². The van der Waals surface area contributed by atoms with E-state index in [1.807, 2.05) is 39.0 Å². The van der Waals surface area contributed by atoms with Crippen molar-refractivity contribution in [3.05, 3.63) is 39.9 Å².